The molecule has 0 heterocycles. The predicted molar refractivity (Wildman–Crippen MR) is 48.6 cm³/mol. The third-order valence-corrected chi connectivity index (χ3v) is 3.61. The van der Waals surface area contributed by atoms with Crippen LogP contribution in [0.5, 0.6) is 0 Å². The zero-order valence-corrected chi connectivity index (χ0v) is 7.79. The summed E-state index contributed by atoms with van der Waals surface area (Å²) >= 11 is 0. The van der Waals surface area contributed by atoms with E-state index in [9.17, 15) is 5.11 Å². The summed E-state index contributed by atoms with van der Waals surface area (Å²) in [6.45, 7) is 2.72. The molecular formula is C10H19NO. The van der Waals surface area contributed by atoms with Gasteiger partial charge in [-0.05, 0) is 50.0 Å². The zero-order valence-electron chi connectivity index (χ0n) is 7.79. The summed E-state index contributed by atoms with van der Waals surface area (Å²) in [6.07, 6.45) is 4.88. The van der Waals surface area contributed by atoms with Gasteiger partial charge in [0.2, 0.25) is 0 Å². The summed E-state index contributed by atoms with van der Waals surface area (Å²) < 4.78 is 0. The molecule has 0 aliphatic heterocycles. The smallest absolute Gasteiger partial charge is 0.0741 e. The van der Waals surface area contributed by atoms with Crippen molar-refractivity contribution in [3.05, 3.63) is 0 Å². The van der Waals surface area contributed by atoms with Crippen LogP contribution in [0.3, 0.4) is 0 Å². The fraction of sp³-hybridized carbons (Fsp3) is 1.00. The van der Waals surface area contributed by atoms with Gasteiger partial charge in [-0.25, -0.2) is 0 Å². The quantitative estimate of drug-likeness (QED) is 0.662. The van der Waals surface area contributed by atoms with Gasteiger partial charge in [0, 0.05) is 0 Å². The number of rotatable bonds is 4. The first-order valence-electron chi connectivity index (χ1n) is 5.12. The van der Waals surface area contributed by atoms with Crippen LogP contribution in [0, 0.1) is 17.8 Å². The fourth-order valence-corrected chi connectivity index (χ4v) is 2.42. The van der Waals surface area contributed by atoms with E-state index in [4.69, 9.17) is 5.73 Å². The van der Waals surface area contributed by atoms with Crippen LogP contribution in [0.2, 0.25) is 0 Å². The van der Waals surface area contributed by atoms with Crippen molar-refractivity contribution in [3.63, 3.8) is 0 Å². The monoisotopic (exact) mass is 169 g/mol. The summed E-state index contributed by atoms with van der Waals surface area (Å²) in [6, 6.07) is 0. The number of hydrogen-bond donors (Lipinski definition) is 2. The van der Waals surface area contributed by atoms with Gasteiger partial charge in [0.05, 0.1) is 5.60 Å². The molecule has 2 nitrogen and oxygen atoms in total. The molecule has 0 aromatic heterocycles. The van der Waals surface area contributed by atoms with E-state index in [0.717, 1.165) is 0 Å². The Morgan fingerprint density at radius 3 is 2.00 bits per heavy atom. The second-order valence-electron chi connectivity index (χ2n) is 4.57. The minimum Gasteiger partial charge on any atom is -0.389 e. The first kappa shape index (κ1) is 8.52. The molecule has 2 aliphatic rings. The fourth-order valence-electron chi connectivity index (χ4n) is 2.42. The van der Waals surface area contributed by atoms with Gasteiger partial charge in [-0.2, -0.15) is 0 Å². The van der Waals surface area contributed by atoms with Crippen LogP contribution >= 0.6 is 0 Å². The Morgan fingerprint density at radius 2 is 1.75 bits per heavy atom. The summed E-state index contributed by atoms with van der Waals surface area (Å²) in [5.74, 6) is 1.43. The van der Waals surface area contributed by atoms with Crippen LogP contribution in [0.1, 0.15) is 32.6 Å². The van der Waals surface area contributed by atoms with Crippen LogP contribution in [0.4, 0.5) is 0 Å². The highest BCUT2D eigenvalue weighted by Gasteiger charge is 2.55. The SMILES string of the molecule is CC(CN)C(O)(C1CC1)C1CC1. The van der Waals surface area contributed by atoms with Crippen molar-refractivity contribution < 1.29 is 5.11 Å². The molecule has 0 aromatic carbocycles. The lowest BCUT2D eigenvalue weighted by Gasteiger charge is -2.34. The summed E-state index contributed by atoms with van der Waals surface area (Å²) in [5.41, 5.74) is 5.24. The first-order valence-corrected chi connectivity index (χ1v) is 5.12. The Kier molecular flexibility index (Phi) is 1.92. The van der Waals surface area contributed by atoms with Gasteiger partial charge < -0.3 is 10.8 Å². The highest BCUT2D eigenvalue weighted by Crippen LogP contribution is 2.55. The number of nitrogens with two attached hydrogens (primary N) is 1. The zero-order chi connectivity index (χ0) is 8.77. The molecule has 12 heavy (non-hydrogen) atoms. The van der Waals surface area contributed by atoms with E-state index in [-0.39, 0.29) is 5.92 Å². The second kappa shape index (κ2) is 2.71. The Balaban J connectivity index is 2.08. The van der Waals surface area contributed by atoms with E-state index < -0.39 is 5.60 Å². The van der Waals surface area contributed by atoms with Crippen molar-refractivity contribution in [1.29, 1.82) is 0 Å². The Morgan fingerprint density at radius 1 is 1.33 bits per heavy atom. The molecule has 1 atom stereocenters. The molecule has 0 spiro atoms. The van der Waals surface area contributed by atoms with E-state index in [1.807, 2.05) is 0 Å². The van der Waals surface area contributed by atoms with Crippen molar-refractivity contribution in [1.82, 2.24) is 0 Å². The van der Waals surface area contributed by atoms with E-state index >= 15 is 0 Å². The minimum atomic E-state index is -0.394. The van der Waals surface area contributed by atoms with Crippen LogP contribution in [-0.4, -0.2) is 17.3 Å². The van der Waals surface area contributed by atoms with E-state index in [1.54, 1.807) is 0 Å². The molecular weight excluding hydrogens is 150 g/mol. The van der Waals surface area contributed by atoms with Gasteiger partial charge in [-0.15, -0.1) is 0 Å². The lowest BCUT2D eigenvalue weighted by molar-refractivity contribution is -0.0500. The third-order valence-electron chi connectivity index (χ3n) is 3.61. The lowest BCUT2D eigenvalue weighted by Crippen LogP contribution is -2.44. The molecule has 1 unspecified atom stereocenters. The van der Waals surface area contributed by atoms with Gasteiger partial charge in [-0.3, -0.25) is 0 Å². The Bertz CT molecular complexity index is 161. The van der Waals surface area contributed by atoms with Crippen molar-refractivity contribution in [2.45, 2.75) is 38.2 Å². The summed E-state index contributed by atoms with van der Waals surface area (Å²) in [4.78, 5) is 0. The van der Waals surface area contributed by atoms with Crippen molar-refractivity contribution in [2.75, 3.05) is 6.54 Å². The van der Waals surface area contributed by atoms with Gasteiger partial charge in [0.1, 0.15) is 0 Å². The van der Waals surface area contributed by atoms with Crippen LogP contribution < -0.4 is 5.73 Å². The van der Waals surface area contributed by atoms with Crippen molar-refractivity contribution in [3.8, 4) is 0 Å². The van der Waals surface area contributed by atoms with Crippen molar-refractivity contribution >= 4 is 0 Å². The van der Waals surface area contributed by atoms with E-state index in [1.165, 1.54) is 25.7 Å². The highest BCUT2D eigenvalue weighted by molar-refractivity contribution is 5.06. The number of hydrogen-bond acceptors (Lipinski definition) is 2. The van der Waals surface area contributed by atoms with Crippen LogP contribution in [0.15, 0.2) is 0 Å². The summed E-state index contributed by atoms with van der Waals surface area (Å²) in [5, 5.41) is 10.5. The minimum absolute atomic E-state index is 0.289. The highest BCUT2D eigenvalue weighted by atomic mass is 16.3. The lowest BCUT2D eigenvalue weighted by atomic mass is 9.80. The van der Waals surface area contributed by atoms with E-state index in [2.05, 4.69) is 6.92 Å². The molecule has 0 bridgehead atoms. The van der Waals surface area contributed by atoms with Gasteiger partial charge >= 0.3 is 0 Å². The average Bonchev–Trinajstić information content (AvgIpc) is 2.91. The van der Waals surface area contributed by atoms with Crippen molar-refractivity contribution in [2.24, 2.45) is 23.5 Å². The molecule has 2 fully saturated rings. The molecule has 0 aromatic rings. The van der Waals surface area contributed by atoms with Gasteiger partial charge in [-0.1, -0.05) is 6.92 Å². The second-order valence-corrected chi connectivity index (χ2v) is 4.57. The molecule has 2 rings (SSSR count). The molecule has 3 N–H and O–H groups in total. The Labute approximate surface area is 74.1 Å². The third kappa shape index (κ3) is 1.17. The summed E-state index contributed by atoms with van der Waals surface area (Å²) in [7, 11) is 0. The maximum absolute atomic E-state index is 10.5. The molecule has 70 valence electrons. The number of aliphatic hydroxyl groups is 1. The van der Waals surface area contributed by atoms with Gasteiger partial charge in [0.15, 0.2) is 0 Å². The maximum Gasteiger partial charge on any atom is 0.0741 e. The van der Waals surface area contributed by atoms with E-state index in [0.29, 0.717) is 18.4 Å². The maximum atomic E-state index is 10.5. The molecule has 0 radical (unpaired) electrons. The standard InChI is InChI=1S/C10H19NO/c1-7(6-11)10(12,8-2-3-8)9-4-5-9/h7-9,12H,2-6,11H2,1H3. The molecule has 2 heteroatoms. The molecule has 0 amide bonds. The molecule has 2 saturated carbocycles. The normalized spacial score (nSPS) is 27.2. The largest absolute Gasteiger partial charge is 0.389 e. The van der Waals surface area contributed by atoms with Crippen LogP contribution in [-0.2, 0) is 0 Å². The molecule has 2 aliphatic carbocycles. The van der Waals surface area contributed by atoms with Crippen LogP contribution in [0.25, 0.3) is 0 Å². The van der Waals surface area contributed by atoms with Gasteiger partial charge in [0.25, 0.3) is 0 Å². The average molecular weight is 169 g/mol. The molecule has 0 saturated heterocycles. The Hall–Kier alpha value is -0.0800. The first-order chi connectivity index (χ1) is 5.69. The topological polar surface area (TPSA) is 46.2 Å². The predicted octanol–water partition coefficient (Wildman–Crippen LogP) is 1.13.